The van der Waals surface area contributed by atoms with Gasteiger partial charge >= 0.3 is 6.18 Å². The van der Waals surface area contributed by atoms with Crippen LogP contribution in [0.5, 0.6) is 0 Å². The largest absolute Gasteiger partial charge is 0.423 e. The van der Waals surface area contributed by atoms with Gasteiger partial charge in [-0.3, -0.25) is 4.79 Å². The maximum absolute atomic E-state index is 12.6. The highest BCUT2D eigenvalue weighted by molar-refractivity contribution is 5.49. The van der Waals surface area contributed by atoms with Crippen LogP contribution in [0, 0.1) is 0 Å². The highest BCUT2D eigenvalue weighted by atomic mass is 19.4. The number of nitrogens with zero attached hydrogens (tertiary/aromatic N) is 1. The molecule has 0 amide bonds. The molecule has 8 heteroatoms. The third-order valence-electron chi connectivity index (χ3n) is 2.05. The summed E-state index contributed by atoms with van der Waals surface area (Å²) < 4.78 is 43.0. The average Bonchev–Trinajstić information content (AvgIpc) is 2.27. The van der Waals surface area contributed by atoms with Crippen molar-refractivity contribution < 1.29 is 17.9 Å². The lowest BCUT2D eigenvalue weighted by Gasteiger charge is -2.12. The molecule has 1 rings (SSSR count). The first-order valence-corrected chi connectivity index (χ1v) is 5.43. The van der Waals surface area contributed by atoms with Crippen molar-refractivity contribution in [3.05, 3.63) is 22.1 Å². The second kappa shape index (κ2) is 6.39. The van der Waals surface area contributed by atoms with Crippen molar-refractivity contribution >= 4 is 5.69 Å². The molecule has 0 aliphatic heterocycles. The summed E-state index contributed by atoms with van der Waals surface area (Å²) in [6.45, 7) is 2.91. The van der Waals surface area contributed by atoms with Crippen molar-refractivity contribution in [2.75, 3.05) is 25.1 Å². The van der Waals surface area contributed by atoms with Gasteiger partial charge in [0.1, 0.15) is 5.56 Å². The lowest BCUT2D eigenvalue weighted by atomic mass is 10.2. The molecule has 0 unspecified atom stereocenters. The molecule has 1 aromatic heterocycles. The van der Waals surface area contributed by atoms with E-state index < -0.39 is 17.3 Å². The molecule has 0 spiro atoms. The molecule has 18 heavy (non-hydrogen) atoms. The van der Waals surface area contributed by atoms with Crippen molar-refractivity contribution in [3.63, 3.8) is 0 Å². The third kappa shape index (κ3) is 4.02. The van der Waals surface area contributed by atoms with Crippen LogP contribution >= 0.6 is 0 Å². The van der Waals surface area contributed by atoms with E-state index in [9.17, 15) is 18.0 Å². The second-order valence-electron chi connectivity index (χ2n) is 3.52. The first-order valence-electron chi connectivity index (χ1n) is 5.43. The summed E-state index contributed by atoms with van der Waals surface area (Å²) in [6, 6.07) is 0. The first-order chi connectivity index (χ1) is 8.46. The van der Waals surface area contributed by atoms with Gasteiger partial charge in [-0.2, -0.15) is 18.3 Å². The molecule has 0 atom stereocenters. The number of alkyl halides is 3. The van der Waals surface area contributed by atoms with Crippen LogP contribution in [0.1, 0.15) is 18.9 Å². The number of hydrogen-bond donors (Lipinski definition) is 2. The monoisotopic (exact) mass is 265 g/mol. The van der Waals surface area contributed by atoms with Crippen molar-refractivity contribution in [2.24, 2.45) is 0 Å². The summed E-state index contributed by atoms with van der Waals surface area (Å²) >= 11 is 0. The number of hydrogen-bond acceptors (Lipinski definition) is 4. The van der Waals surface area contributed by atoms with Gasteiger partial charge in [-0.25, -0.2) is 5.10 Å². The zero-order chi connectivity index (χ0) is 13.6. The molecule has 2 N–H and O–H groups in total. The van der Waals surface area contributed by atoms with Gasteiger partial charge in [0, 0.05) is 13.2 Å². The molecule has 102 valence electrons. The fourth-order valence-corrected chi connectivity index (χ4v) is 1.32. The Morgan fingerprint density at radius 3 is 2.78 bits per heavy atom. The van der Waals surface area contributed by atoms with Gasteiger partial charge in [-0.1, -0.05) is 6.92 Å². The van der Waals surface area contributed by atoms with Crippen LogP contribution in [0.15, 0.2) is 11.0 Å². The molecular formula is C10H14F3N3O2. The SMILES string of the molecule is CCCOCCNc1cn[nH]c(=O)c1C(F)(F)F. The number of ether oxygens (including phenoxy) is 1. The van der Waals surface area contributed by atoms with Crippen LogP contribution in [0.25, 0.3) is 0 Å². The second-order valence-corrected chi connectivity index (χ2v) is 3.52. The van der Waals surface area contributed by atoms with Crippen LogP contribution in [0.4, 0.5) is 18.9 Å². The molecule has 1 heterocycles. The third-order valence-corrected chi connectivity index (χ3v) is 2.05. The van der Waals surface area contributed by atoms with Gasteiger partial charge in [0.15, 0.2) is 0 Å². The Hall–Kier alpha value is -1.57. The maximum atomic E-state index is 12.6. The standard InChI is InChI=1S/C10H14F3N3O2/c1-2-4-18-5-3-14-7-6-15-16-9(17)8(7)10(11,12)13/h6H,2-5H2,1H3,(H2,14,16,17). The number of aromatic amines is 1. The Morgan fingerprint density at radius 1 is 1.44 bits per heavy atom. The van der Waals surface area contributed by atoms with Crippen molar-refractivity contribution in [1.82, 2.24) is 10.2 Å². The number of anilines is 1. The van der Waals surface area contributed by atoms with E-state index in [1.807, 2.05) is 6.92 Å². The smallest absolute Gasteiger partial charge is 0.381 e. The predicted molar refractivity (Wildman–Crippen MR) is 59.5 cm³/mol. The molecule has 0 aliphatic carbocycles. The predicted octanol–water partition coefficient (Wildman–Crippen LogP) is 1.63. The van der Waals surface area contributed by atoms with Gasteiger partial charge in [0.05, 0.1) is 18.5 Å². The quantitative estimate of drug-likeness (QED) is 0.767. The van der Waals surface area contributed by atoms with Crippen molar-refractivity contribution in [2.45, 2.75) is 19.5 Å². The molecule has 0 aliphatic rings. The van der Waals surface area contributed by atoms with E-state index in [-0.39, 0.29) is 18.8 Å². The summed E-state index contributed by atoms with van der Waals surface area (Å²) in [7, 11) is 0. The minimum Gasteiger partial charge on any atom is -0.381 e. The molecule has 0 radical (unpaired) electrons. The Morgan fingerprint density at radius 2 is 2.17 bits per heavy atom. The van der Waals surface area contributed by atoms with E-state index in [0.29, 0.717) is 6.61 Å². The number of rotatable bonds is 6. The number of halogens is 3. The highest BCUT2D eigenvalue weighted by Gasteiger charge is 2.37. The lowest BCUT2D eigenvalue weighted by molar-refractivity contribution is -0.138. The fraction of sp³-hybridized carbons (Fsp3) is 0.600. The van der Waals surface area contributed by atoms with E-state index in [1.54, 1.807) is 5.10 Å². The highest BCUT2D eigenvalue weighted by Crippen LogP contribution is 2.31. The van der Waals surface area contributed by atoms with Gasteiger partial charge in [-0.05, 0) is 6.42 Å². The van der Waals surface area contributed by atoms with E-state index in [1.165, 1.54) is 0 Å². The zero-order valence-electron chi connectivity index (χ0n) is 9.80. The molecule has 5 nitrogen and oxygen atoms in total. The van der Waals surface area contributed by atoms with E-state index in [0.717, 1.165) is 12.6 Å². The Labute approximate surface area is 101 Å². The molecule has 0 bridgehead atoms. The van der Waals surface area contributed by atoms with Crippen molar-refractivity contribution in [3.8, 4) is 0 Å². The van der Waals surface area contributed by atoms with Crippen LogP contribution in [-0.4, -0.2) is 30.0 Å². The van der Waals surface area contributed by atoms with Crippen LogP contribution in [-0.2, 0) is 10.9 Å². The molecule has 0 fully saturated rings. The average molecular weight is 265 g/mol. The van der Waals surface area contributed by atoms with E-state index >= 15 is 0 Å². The van der Waals surface area contributed by atoms with Gasteiger partial charge in [0.25, 0.3) is 5.56 Å². The maximum Gasteiger partial charge on any atom is 0.423 e. The normalized spacial score (nSPS) is 11.6. The molecular weight excluding hydrogens is 251 g/mol. The van der Waals surface area contributed by atoms with Gasteiger partial charge in [0.2, 0.25) is 0 Å². The van der Waals surface area contributed by atoms with E-state index in [4.69, 9.17) is 4.74 Å². The minimum atomic E-state index is -4.72. The molecule has 1 aromatic rings. The summed E-state index contributed by atoms with van der Waals surface area (Å²) in [5.41, 5.74) is -2.87. The van der Waals surface area contributed by atoms with Crippen LogP contribution < -0.4 is 10.9 Å². The summed E-state index contributed by atoms with van der Waals surface area (Å²) in [6.07, 6.45) is -2.95. The first kappa shape index (κ1) is 14.5. The van der Waals surface area contributed by atoms with Gasteiger partial charge in [-0.15, -0.1) is 0 Å². The Balaban J connectivity index is 2.71. The summed E-state index contributed by atoms with van der Waals surface area (Å²) in [5.74, 6) is 0. The summed E-state index contributed by atoms with van der Waals surface area (Å²) in [4.78, 5) is 11.1. The Kier molecular flexibility index (Phi) is 5.14. The number of H-pyrrole nitrogens is 1. The molecule has 0 saturated carbocycles. The zero-order valence-corrected chi connectivity index (χ0v) is 9.80. The molecule has 0 saturated heterocycles. The van der Waals surface area contributed by atoms with Crippen molar-refractivity contribution in [1.29, 1.82) is 0 Å². The minimum absolute atomic E-state index is 0.175. The fourth-order valence-electron chi connectivity index (χ4n) is 1.32. The van der Waals surface area contributed by atoms with Crippen LogP contribution in [0.3, 0.4) is 0 Å². The Bertz CT molecular complexity index is 431. The number of nitrogens with one attached hydrogen (secondary N) is 2. The lowest BCUT2D eigenvalue weighted by Crippen LogP contribution is -2.25. The van der Waals surface area contributed by atoms with E-state index in [2.05, 4.69) is 10.4 Å². The number of aromatic nitrogens is 2. The van der Waals surface area contributed by atoms with Gasteiger partial charge < -0.3 is 10.1 Å². The topological polar surface area (TPSA) is 67.0 Å². The van der Waals surface area contributed by atoms with Crippen LogP contribution in [0.2, 0.25) is 0 Å². The molecule has 0 aromatic carbocycles. The summed E-state index contributed by atoms with van der Waals surface area (Å²) in [5, 5.41) is 7.59.